The zero-order chi connectivity index (χ0) is 20.5. The van der Waals surface area contributed by atoms with E-state index in [9.17, 15) is 15.0 Å². The molecule has 0 aromatic heterocycles. The minimum atomic E-state index is -0.724. The molecule has 152 valence electrons. The Hall–Kier alpha value is -2.57. The normalized spacial score (nSPS) is 11.9. The largest absolute Gasteiger partial charge is 0.507 e. The zero-order valence-electron chi connectivity index (χ0n) is 16.6. The Morgan fingerprint density at radius 2 is 1.89 bits per heavy atom. The number of aromatic hydroxyl groups is 1. The summed E-state index contributed by atoms with van der Waals surface area (Å²) in [5.74, 6) is 0.0258. The number of para-hydroxylation sites is 1. The van der Waals surface area contributed by atoms with Crippen molar-refractivity contribution in [3.63, 3.8) is 0 Å². The third-order valence-corrected chi connectivity index (χ3v) is 4.46. The zero-order valence-corrected chi connectivity index (χ0v) is 16.6. The molecule has 2 N–H and O–H groups in total. The number of hydrogen-bond acceptors (Lipinski definition) is 6. The second-order valence-corrected chi connectivity index (χ2v) is 6.33. The van der Waals surface area contributed by atoms with Crippen molar-refractivity contribution in [2.45, 2.75) is 39.2 Å². The van der Waals surface area contributed by atoms with Crippen molar-refractivity contribution < 1.29 is 29.2 Å². The molecule has 0 heterocycles. The number of carbonyl (C=O) groups is 1. The van der Waals surface area contributed by atoms with Crippen LogP contribution in [0.3, 0.4) is 0 Å². The summed E-state index contributed by atoms with van der Waals surface area (Å²) in [6.45, 7) is 3.98. The second-order valence-electron chi connectivity index (χ2n) is 6.33. The van der Waals surface area contributed by atoms with Gasteiger partial charge in [-0.2, -0.15) is 0 Å². The van der Waals surface area contributed by atoms with Gasteiger partial charge in [-0.15, -0.1) is 0 Å². The summed E-state index contributed by atoms with van der Waals surface area (Å²) in [5.41, 5.74) is 0.974. The Kier molecular flexibility index (Phi) is 8.29. The van der Waals surface area contributed by atoms with Gasteiger partial charge in [-0.1, -0.05) is 38.5 Å². The smallest absolute Gasteiger partial charge is 0.347 e. The number of aliphatic hydroxyl groups is 1. The second kappa shape index (κ2) is 10.7. The molecule has 0 radical (unpaired) electrons. The SMILES string of the molecule is CCCCOc1cc(C(CO)OC)c(O)c(CC)c1C(=O)Oc1ccccc1. The maximum absolute atomic E-state index is 12.9. The fourth-order valence-corrected chi connectivity index (χ4v) is 2.92. The van der Waals surface area contributed by atoms with Crippen molar-refractivity contribution in [2.24, 2.45) is 0 Å². The lowest BCUT2D eigenvalue weighted by Gasteiger charge is -2.21. The highest BCUT2D eigenvalue weighted by atomic mass is 16.5. The number of rotatable bonds is 10. The lowest BCUT2D eigenvalue weighted by molar-refractivity contribution is 0.0464. The number of methoxy groups -OCH3 is 1. The van der Waals surface area contributed by atoms with Crippen LogP contribution in [-0.2, 0) is 11.2 Å². The van der Waals surface area contributed by atoms with Crippen molar-refractivity contribution in [2.75, 3.05) is 20.3 Å². The molecule has 0 saturated carbocycles. The van der Waals surface area contributed by atoms with Gasteiger partial charge < -0.3 is 24.4 Å². The molecule has 0 bridgehead atoms. The van der Waals surface area contributed by atoms with Crippen LogP contribution in [0.25, 0.3) is 0 Å². The average molecular weight is 388 g/mol. The van der Waals surface area contributed by atoms with E-state index in [0.717, 1.165) is 12.8 Å². The van der Waals surface area contributed by atoms with Crippen LogP contribution in [-0.4, -0.2) is 36.5 Å². The summed E-state index contributed by atoms with van der Waals surface area (Å²) in [6.07, 6.45) is 1.41. The Bertz CT molecular complexity index is 768. The third-order valence-electron chi connectivity index (χ3n) is 4.46. The molecule has 2 rings (SSSR count). The average Bonchev–Trinajstić information content (AvgIpc) is 2.71. The monoisotopic (exact) mass is 388 g/mol. The van der Waals surface area contributed by atoms with Gasteiger partial charge in [-0.05, 0) is 31.0 Å². The highest BCUT2D eigenvalue weighted by Crippen LogP contribution is 2.39. The molecule has 0 saturated heterocycles. The number of unbranched alkanes of at least 4 members (excludes halogenated alkanes) is 1. The van der Waals surface area contributed by atoms with Crippen molar-refractivity contribution in [3.8, 4) is 17.2 Å². The van der Waals surface area contributed by atoms with E-state index in [4.69, 9.17) is 14.2 Å². The first kappa shape index (κ1) is 21.7. The van der Waals surface area contributed by atoms with Crippen LogP contribution in [0.15, 0.2) is 36.4 Å². The molecule has 0 amide bonds. The first-order chi connectivity index (χ1) is 13.6. The van der Waals surface area contributed by atoms with Crippen molar-refractivity contribution >= 4 is 5.97 Å². The third kappa shape index (κ3) is 5.03. The van der Waals surface area contributed by atoms with Gasteiger partial charge in [0.05, 0.1) is 13.2 Å². The van der Waals surface area contributed by atoms with Gasteiger partial charge in [-0.3, -0.25) is 0 Å². The molecule has 0 spiro atoms. The summed E-state index contributed by atoms with van der Waals surface area (Å²) in [7, 11) is 1.45. The van der Waals surface area contributed by atoms with Gasteiger partial charge in [-0.25, -0.2) is 4.79 Å². The van der Waals surface area contributed by atoms with Gasteiger partial charge in [0.15, 0.2) is 0 Å². The molecule has 0 fully saturated rings. The summed E-state index contributed by atoms with van der Waals surface area (Å²) >= 11 is 0. The molecule has 0 aliphatic carbocycles. The Labute approximate surface area is 165 Å². The minimum Gasteiger partial charge on any atom is -0.507 e. The molecule has 1 atom stereocenters. The van der Waals surface area contributed by atoms with E-state index < -0.39 is 12.1 Å². The van der Waals surface area contributed by atoms with Gasteiger partial charge in [0, 0.05) is 18.2 Å². The van der Waals surface area contributed by atoms with Gasteiger partial charge >= 0.3 is 5.97 Å². The molecule has 2 aromatic carbocycles. The number of esters is 1. The van der Waals surface area contributed by atoms with E-state index in [1.165, 1.54) is 7.11 Å². The molecule has 6 heteroatoms. The first-order valence-electron chi connectivity index (χ1n) is 9.49. The summed E-state index contributed by atoms with van der Waals surface area (Å²) < 4.78 is 16.6. The quantitative estimate of drug-likeness (QED) is 0.363. The highest BCUT2D eigenvalue weighted by Gasteiger charge is 2.27. The number of phenols is 1. The van der Waals surface area contributed by atoms with Crippen molar-refractivity contribution in [1.82, 2.24) is 0 Å². The van der Waals surface area contributed by atoms with E-state index in [-0.39, 0.29) is 17.9 Å². The van der Waals surface area contributed by atoms with E-state index >= 15 is 0 Å². The fraction of sp³-hybridized carbons (Fsp3) is 0.409. The molecule has 0 aliphatic rings. The number of phenolic OH excluding ortho intramolecular Hbond substituents is 1. The van der Waals surface area contributed by atoms with Crippen LogP contribution < -0.4 is 9.47 Å². The topological polar surface area (TPSA) is 85.2 Å². The number of carbonyl (C=O) groups excluding carboxylic acids is 1. The number of hydrogen-bond donors (Lipinski definition) is 2. The van der Waals surface area contributed by atoms with E-state index in [2.05, 4.69) is 0 Å². The van der Waals surface area contributed by atoms with Crippen LogP contribution in [0.4, 0.5) is 0 Å². The molecular weight excluding hydrogens is 360 g/mol. The van der Waals surface area contributed by atoms with E-state index in [1.54, 1.807) is 30.3 Å². The Morgan fingerprint density at radius 1 is 1.18 bits per heavy atom. The van der Waals surface area contributed by atoms with Crippen LogP contribution >= 0.6 is 0 Å². The first-order valence-corrected chi connectivity index (χ1v) is 9.49. The molecule has 6 nitrogen and oxygen atoms in total. The standard InChI is InChI=1S/C22H28O6/c1-4-6-12-27-18-13-17(19(14-23)26-3)21(24)16(5-2)20(18)22(25)28-15-10-8-7-9-11-15/h7-11,13,19,23-24H,4-6,12,14H2,1-3H3. The fourth-order valence-electron chi connectivity index (χ4n) is 2.92. The van der Waals surface area contributed by atoms with E-state index in [0.29, 0.717) is 35.7 Å². The van der Waals surface area contributed by atoms with Gasteiger partial charge in [0.1, 0.15) is 28.9 Å². The van der Waals surface area contributed by atoms with E-state index in [1.807, 2.05) is 19.9 Å². The van der Waals surface area contributed by atoms with Crippen molar-refractivity contribution in [3.05, 3.63) is 53.1 Å². The van der Waals surface area contributed by atoms with Crippen LogP contribution in [0, 0.1) is 0 Å². The predicted octanol–water partition coefficient (Wildman–Crippen LogP) is 4.03. The number of aliphatic hydroxyl groups excluding tert-OH is 1. The number of ether oxygens (including phenoxy) is 3. The maximum atomic E-state index is 12.9. The van der Waals surface area contributed by atoms with Crippen LogP contribution in [0.1, 0.15) is 54.3 Å². The summed E-state index contributed by atoms with van der Waals surface area (Å²) in [6, 6.07) is 10.3. The lowest BCUT2D eigenvalue weighted by Crippen LogP contribution is -2.16. The molecule has 0 aliphatic heterocycles. The summed E-state index contributed by atoms with van der Waals surface area (Å²) in [5, 5.41) is 20.3. The van der Waals surface area contributed by atoms with Gasteiger partial charge in [0.25, 0.3) is 0 Å². The van der Waals surface area contributed by atoms with Crippen LogP contribution in [0.2, 0.25) is 0 Å². The molecule has 1 unspecified atom stereocenters. The lowest BCUT2D eigenvalue weighted by atomic mass is 9.96. The molecular formula is C22H28O6. The Morgan fingerprint density at radius 3 is 2.46 bits per heavy atom. The van der Waals surface area contributed by atoms with Gasteiger partial charge in [0.2, 0.25) is 0 Å². The summed E-state index contributed by atoms with van der Waals surface area (Å²) in [4.78, 5) is 12.9. The minimum absolute atomic E-state index is 0.0914. The van der Waals surface area contributed by atoms with Crippen LogP contribution in [0.5, 0.6) is 17.2 Å². The number of benzene rings is 2. The van der Waals surface area contributed by atoms with Crippen molar-refractivity contribution in [1.29, 1.82) is 0 Å². The Balaban J connectivity index is 2.53. The predicted molar refractivity (Wildman–Crippen MR) is 106 cm³/mol. The molecule has 2 aromatic rings. The highest BCUT2D eigenvalue weighted by molar-refractivity contribution is 5.96. The molecule has 28 heavy (non-hydrogen) atoms. The maximum Gasteiger partial charge on any atom is 0.347 e.